The molecule has 3 rings (SSSR count). The van der Waals surface area contributed by atoms with Gasteiger partial charge in [-0.15, -0.1) is 11.3 Å². The maximum atomic E-state index is 12.1. The first kappa shape index (κ1) is 15.8. The van der Waals surface area contributed by atoms with Crippen LogP contribution in [0.15, 0.2) is 60.2 Å². The maximum Gasteiger partial charge on any atom is 0.271 e. The van der Waals surface area contributed by atoms with Crippen LogP contribution in [0.1, 0.15) is 26.4 Å². The summed E-state index contributed by atoms with van der Waals surface area (Å²) in [6.07, 6.45) is 3.34. The second-order valence-corrected chi connectivity index (χ2v) is 5.75. The van der Waals surface area contributed by atoms with Crippen LogP contribution < -0.4 is 10.6 Å². The van der Waals surface area contributed by atoms with Gasteiger partial charge in [-0.2, -0.15) is 0 Å². The van der Waals surface area contributed by atoms with Crippen molar-refractivity contribution in [2.24, 2.45) is 0 Å². The van der Waals surface area contributed by atoms with E-state index < -0.39 is 0 Å². The molecule has 0 radical (unpaired) electrons. The standard InChI is InChI=1S/C17H14N4O2S/c22-15(13-4-2-1-3-5-13)21-17-20-14(11-24-17)16(23)19-10-12-6-8-18-9-7-12/h1-9,11H,10H2,(H,19,23)(H,20,21,22). The normalized spacial score (nSPS) is 10.2. The number of nitrogens with one attached hydrogen (secondary N) is 2. The number of rotatable bonds is 5. The van der Waals surface area contributed by atoms with Crippen molar-refractivity contribution in [1.29, 1.82) is 0 Å². The molecule has 0 aliphatic carbocycles. The van der Waals surface area contributed by atoms with E-state index >= 15 is 0 Å². The first-order valence-corrected chi connectivity index (χ1v) is 8.09. The Morgan fingerprint density at radius 2 is 1.75 bits per heavy atom. The van der Waals surface area contributed by atoms with Gasteiger partial charge in [0.1, 0.15) is 5.69 Å². The van der Waals surface area contributed by atoms with Gasteiger partial charge in [-0.3, -0.25) is 19.9 Å². The minimum absolute atomic E-state index is 0.256. The number of thiazole rings is 1. The quantitative estimate of drug-likeness (QED) is 0.749. The zero-order chi connectivity index (χ0) is 16.8. The van der Waals surface area contributed by atoms with Crippen LogP contribution in [0.3, 0.4) is 0 Å². The van der Waals surface area contributed by atoms with Gasteiger partial charge in [0.05, 0.1) is 0 Å². The van der Waals surface area contributed by atoms with Crippen molar-refractivity contribution in [1.82, 2.24) is 15.3 Å². The Morgan fingerprint density at radius 1 is 1.00 bits per heavy atom. The summed E-state index contributed by atoms with van der Waals surface area (Å²) in [6.45, 7) is 0.393. The lowest BCUT2D eigenvalue weighted by molar-refractivity contribution is 0.0945. The van der Waals surface area contributed by atoms with Crippen LogP contribution in [-0.4, -0.2) is 21.8 Å². The molecule has 0 spiro atoms. The van der Waals surface area contributed by atoms with Crippen molar-refractivity contribution in [3.63, 3.8) is 0 Å². The number of benzene rings is 1. The highest BCUT2D eigenvalue weighted by molar-refractivity contribution is 7.14. The molecule has 24 heavy (non-hydrogen) atoms. The summed E-state index contributed by atoms with van der Waals surface area (Å²) in [5.41, 5.74) is 1.76. The van der Waals surface area contributed by atoms with Gasteiger partial charge in [0.25, 0.3) is 11.8 Å². The van der Waals surface area contributed by atoms with Gasteiger partial charge in [0, 0.05) is 29.9 Å². The Bertz CT molecular complexity index is 834. The predicted octanol–water partition coefficient (Wildman–Crippen LogP) is 2.72. The van der Waals surface area contributed by atoms with Gasteiger partial charge in [0.2, 0.25) is 0 Å². The van der Waals surface area contributed by atoms with Gasteiger partial charge in [-0.25, -0.2) is 4.98 Å². The van der Waals surface area contributed by atoms with Crippen LogP contribution in [0.5, 0.6) is 0 Å². The van der Waals surface area contributed by atoms with Crippen LogP contribution >= 0.6 is 11.3 Å². The van der Waals surface area contributed by atoms with Crippen molar-refractivity contribution >= 4 is 28.3 Å². The molecular weight excluding hydrogens is 324 g/mol. The molecule has 0 aliphatic rings. The SMILES string of the molecule is O=C(Nc1nc(C(=O)NCc2ccncc2)cs1)c1ccccc1. The zero-order valence-corrected chi connectivity index (χ0v) is 13.4. The largest absolute Gasteiger partial charge is 0.347 e. The third-order valence-electron chi connectivity index (χ3n) is 3.20. The number of hydrogen-bond donors (Lipinski definition) is 2. The summed E-state index contributed by atoms with van der Waals surface area (Å²) in [7, 11) is 0. The molecule has 0 aliphatic heterocycles. The number of carbonyl (C=O) groups is 2. The van der Waals surface area contributed by atoms with Crippen LogP contribution in [0.2, 0.25) is 0 Å². The number of nitrogens with zero attached hydrogens (tertiary/aromatic N) is 2. The maximum absolute atomic E-state index is 12.1. The number of anilines is 1. The summed E-state index contributed by atoms with van der Waals surface area (Å²) in [5.74, 6) is -0.544. The van der Waals surface area contributed by atoms with Crippen LogP contribution in [-0.2, 0) is 6.54 Å². The lowest BCUT2D eigenvalue weighted by atomic mass is 10.2. The van der Waals surface area contributed by atoms with Crippen molar-refractivity contribution in [2.45, 2.75) is 6.54 Å². The van der Waals surface area contributed by atoms with Gasteiger partial charge < -0.3 is 5.32 Å². The summed E-state index contributed by atoms with van der Waals surface area (Å²) < 4.78 is 0. The molecule has 2 N–H and O–H groups in total. The average molecular weight is 338 g/mol. The average Bonchev–Trinajstić information content (AvgIpc) is 3.10. The van der Waals surface area contributed by atoms with E-state index in [1.54, 1.807) is 42.0 Å². The zero-order valence-electron chi connectivity index (χ0n) is 12.6. The van der Waals surface area contributed by atoms with Crippen molar-refractivity contribution in [3.05, 3.63) is 77.1 Å². The second kappa shape index (κ2) is 7.47. The van der Waals surface area contributed by atoms with Crippen LogP contribution in [0.25, 0.3) is 0 Å². The molecule has 120 valence electrons. The van der Waals surface area contributed by atoms with Gasteiger partial charge in [-0.05, 0) is 29.8 Å². The fourth-order valence-electron chi connectivity index (χ4n) is 1.97. The summed E-state index contributed by atoms with van der Waals surface area (Å²) >= 11 is 1.21. The molecule has 0 bridgehead atoms. The van der Waals surface area contributed by atoms with Gasteiger partial charge in [-0.1, -0.05) is 18.2 Å². The molecule has 2 amide bonds. The van der Waals surface area contributed by atoms with E-state index in [-0.39, 0.29) is 17.5 Å². The van der Waals surface area contributed by atoms with Crippen molar-refractivity contribution < 1.29 is 9.59 Å². The molecule has 7 heteroatoms. The number of pyridine rings is 1. The van der Waals surface area contributed by atoms with Crippen LogP contribution in [0, 0.1) is 0 Å². The van der Waals surface area contributed by atoms with Gasteiger partial charge >= 0.3 is 0 Å². The number of hydrogen-bond acceptors (Lipinski definition) is 5. The minimum Gasteiger partial charge on any atom is -0.347 e. The first-order valence-electron chi connectivity index (χ1n) is 7.21. The monoisotopic (exact) mass is 338 g/mol. The highest BCUT2D eigenvalue weighted by Gasteiger charge is 2.13. The van der Waals surface area contributed by atoms with Crippen molar-refractivity contribution in [2.75, 3.05) is 5.32 Å². The van der Waals surface area contributed by atoms with E-state index in [9.17, 15) is 9.59 Å². The van der Waals surface area contributed by atoms with E-state index in [0.29, 0.717) is 17.2 Å². The number of aromatic nitrogens is 2. The van der Waals surface area contributed by atoms with E-state index in [4.69, 9.17) is 0 Å². The third kappa shape index (κ3) is 4.02. The molecular formula is C17H14N4O2S. The molecule has 2 aromatic heterocycles. The Balaban J connectivity index is 1.58. The molecule has 0 unspecified atom stereocenters. The molecule has 3 aromatic rings. The Morgan fingerprint density at radius 3 is 2.50 bits per heavy atom. The summed E-state index contributed by atoms with van der Waals surface area (Å²) in [6, 6.07) is 12.5. The number of amides is 2. The Kier molecular flexibility index (Phi) is 4.93. The van der Waals surface area contributed by atoms with E-state index in [0.717, 1.165) is 5.56 Å². The third-order valence-corrected chi connectivity index (χ3v) is 3.95. The molecule has 1 aromatic carbocycles. The minimum atomic E-state index is -0.289. The molecule has 0 fully saturated rings. The molecule has 0 saturated heterocycles. The van der Waals surface area contributed by atoms with E-state index in [1.165, 1.54) is 11.3 Å². The Hall–Kier alpha value is -3.06. The lowest BCUT2D eigenvalue weighted by Crippen LogP contribution is -2.23. The van der Waals surface area contributed by atoms with Crippen LogP contribution in [0.4, 0.5) is 5.13 Å². The molecule has 6 nitrogen and oxygen atoms in total. The molecule has 2 heterocycles. The first-order chi connectivity index (χ1) is 11.7. The smallest absolute Gasteiger partial charge is 0.271 e. The fourth-order valence-corrected chi connectivity index (χ4v) is 2.65. The predicted molar refractivity (Wildman–Crippen MR) is 91.9 cm³/mol. The topological polar surface area (TPSA) is 84.0 Å². The second-order valence-electron chi connectivity index (χ2n) is 4.90. The molecule has 0 atom stereocenters. The van der Waals surface area contributed by atoms with Gasteiger partial charge in [0.15, 0.2) is 5.13 Å². The van der Waals surface area contributed by atoms with E-state index in [1.807, 2.05) is 18.2 Å². The number of carbonyl (C=O) groups excluding carboxylic acids is 2. The highest BCUT2D eigenvalue weighted by atomic mass is 32.1. The summed E-state index contributed by atoms with van der Waals surface area (Å²) in [5, 5.41) is 7.47. The van der Waals surface area contributed by atoms with E-state index in [2.05, 4.69) is 20.6 Å². The van der Waals surface area contributed by atoms with Crippen molar-refractivity contribution in [3.8, 4) is 0 Å². The molecule has 0 saturated carbocycles. The Labute approximate surface area is 142 Å². The summed E-state index contributed by atoms with van der Waals surface area (Å²) in [4.78, 5) is 32.2. The highest BCUT2D eigenvalue weighted by Crippen LogP contribution is 2.16. The lowest BCUT2D eigenvalue weighted by Gasteiger charge is -2.03. The fraction of sp³-hybridized carbons (Fsp3) is 0.0588.